The Bertz CT molecular complexity index is 678. The van der Waals surface area contributed by atoms with E-state index in [-0.39, 0.29) is 0 Å². The largest absolute Gasteiger partial charge is 0.260 e. The second-order valence-corrected chi connectivity index (χ2v) is 3.88. The summed E-state index contributed by atoms with van der Waals surface area (Å²) in [6.45, 7) is 0. The Morgan fingerprint density at radius 2 is 1.31 bits per heavy atom. The zero-order valence-electron chi connectivity index (χ0n) is 8.38. The van der Waals surface area contributed by atoms with E-state index in [9.17, 15) is 0 Å². The first-order valence-corrected chi connectivity index (χ1v) is 5.13. The maximum absolute atomic E-state index is 4.41. The molecule has 0 aliphatic heterocycles. The van der Waals surface area contributed by atoms with Gasteiger partial charge in [-0.25, -0.2) is 0 Å². The van der Waals surface area contributed by atoms with Crippen molar-refractivity contribution in [2.75, 3.05) is 0 Å². The molecule has 1 aromatic carbocycles. The molecular weight excluding hydrogens is 198 g/mol. The van der Waals surface area contributed by atoms with Crippen LogP contribution in [0.4, 0.5) is 0 Å². The number of hydrogen-bond donors (Lipinski definition) is 0. The number of rotatable bonds is 0. The zero-order valence-corrected chi connectivity index (χ0v) is 8.38. The van der Waals surface area contributed by atoms with E-state index in [4.69, 9.17) is 0 Å². The molecule has 0 saturated carbocycles. The lowest BCUT2D eigenvalue weighted by Crippen LogP contribution is -1.89. The first-order valence-electron chi connectivity index (χ1n) is 5.13. The quantitative estimate of drug-likeness (QED) is 0.414. The highest BCUT2D eigenvalue weighted by molar-refractivity contribution is 6.19. The number of nitrogens with zero attached hydrogens (tertiary/aromatic N) is 3. The number of aromatic nitrogens is 3. The van der Waals surface area contributed by atoms with Gasteiger partial charge >= 0.3 is 0 Å². The molecule has 0 aliphatic carbocycles. The van der Waals surface area contributed by atoms with E-state index >= 15 is 0 Å². The Labute approximate surface area is 91.1 Å². The SMILES string of the molecule is c1cc2cnc3cncc4ncc(c1)c2c34. The van der Waals surface area contributed by atoms with Gasteiger partial charge in [-0.05, 0) is 0 Å². The zero-order chi connectivity index (χ0) is 10.5. The average molecular weight is 205 g/mol. The molecule has 0 amide bonds. The van der Waals surface area contributed by atoms with Crippen molar-refractivity contribution < 1.29 is 0 Å². The summed E-state index contributed by atoms with van der Waals surface area (Å²) in [5.41, 5.74) is 1.82. The lowest BCUT2D eigenvalue weighted by molar-refractivity contribution is 1.30. The molecule has 4 aromatic rings. The summed E-state index contributed by atoms with van der Waals surface area (Å²) in [5.74, 6) is 0. The van der Waals surface area contributed by atoms with E-state index < -0.39 is 0 Å². The third kappa shape index (κ3) is 0.852. The topological polar surface area (TPSA) is 38.7 Å². The molecule has 0 spiro atoms. The fourth-order valence-electron chi connectivity index (χ4n) is 2.26. The third-order valence-corrected chi connectivity index (χ3v) is 2.97. The predicted octanol–water partition coefficient (Wildman–Crippen LogP) is 2.77. The Hall–Kier alpha value is -2.29. The monoisotopic (exact) mass is 205 g/mol. The van der Waals surface area contributed by atoms with Crippen molar-refractivity contribution in [2.45, 2.75) is 0 Å². The fraction of sp³-hybridized carbons (Fsp3) is 0. The molecule has 0 fully saturated rings. The smallest absolute Gasteiger partial charge is 0.0913 e. The summed E-state index contributed by atoms with van der Waals surface area (Å²) < 4.78 is 0. The molecule has 0 aliphatic rings. The molecule has 0 radical (unpaired) electrons. The molecule has 0 saturated heterocycles. The summed E-state index contributed by atoms with van der Waals surface area (Å²) in [6.07, 6.45) is 7.36. The molecule has 16 heavy (non-hydrogen) atoms. The highest BCUT2D eigenvalue weighted by Gasteiger charge is 2.08. The van der Waals surface area contributed by atoms with E-state index in [1.54, 1.807) is 12.4 Å². The Morgan fingerprint density at radius 3 is 1.94 bits per heavy atom. The van der Waals surface area contributed by atoms with Crippen LogP contribution in [-0.2, 0) is 0 Å². The second-order valence-electron chi connectivity index (χ2n) is 3.88. The lowest BCUT2D eigenvalue weighted by Gasteiger charge is -2.07. The van der Waals surface area contributed by atoms with E-state index in [1.165, 1.54) is 5.39 Å². The number of pyridine rings is 3. The van der Waals surface area contributed by atoms with Gasteiger partial charge in [-0.15, -0.1) is 0 Å². The van der Waals surface area contributed by atoms with Crippen molar-refractivity contribution in [2.24, 2.45) is 0 Å². The van der Waals surface area contributed by atoms with Crippen molar-refractivity contribution in [1.29, 1.82) is 0 Å². The Kier molecular flexibility index (Phi) is 1.31. The van der Waals surface area contributed by atoms with E-state index in [2.05, 4.69) is 27.1 Å². The Morgan fingerprint density at radius 1 is 0.688 bits per heavy atom. The molecule has 0 unspecified atom stereocenters. The molecule has 0 N–H and O–H groups in total. The average Bonchev–Trinajstić information content (AvgIpc) is 2.36. The maximum Gasteiger partial charge on any atom is 0.0913 e. The molecule has 3 heteroatoms. The van der Waals surface area contributed by atoms with Gasteiger partial charge in [-0.2, -0.15) is 0 Å². The van der Waals surface area contributed by atoms with Gasteiger partial charge in [0.15, 0.2) is 0 Å². The molecule has 0 bridgehead atoms. The molecule has 4 rings (SSSR count). The van der Waals surface area contributed by atoms with Gasteiger partial charge in [0.25, 0.3) is 0 Å². The van der Waals surface area contributed by atoms with Crippen LogP contribution < -0.4 is 0 Å². The molecule has 3 nitrogen and oxygen atoms in total. The van der Waals surface area contributed by atoms with Gasteiger partial charge in [0.05, 0.1) is 23.4 Å². The predicted molar refractivity (Wildman–Crippen MR) is 63.5 cm³/mol. The lowest BCUT2D eigenvalue weighted by atomic mass is 10.0. The van der Waals surface area contributed by atoms with Gasteiger partial charge in [0.1, 0.15) is 0 Å². The summed E-state index contributed by atoms with van der Waals surface area (Å²) in [6, 6.07) is 6.19. The third-order valence-electron chi connectivity index (χ3n) is 2.97. The van der Waals surface area contributed by atoms with E-state index in [1.807, 2.05) is 18.5 Å². The number of benzene rings is 1. The second kappa shape index (κ2) is 2.64. The standard InChI is InChI=1S/C13H7N3/c1-2-8-4-15-10-6-14-7-11-13(10)12(8)9(3-1)5-16-11/h1-7H. The first kappa shape index (κ1) is 7.93. The van der Waals surface area contributed by atoms with Crippen molar-refractivity contribution in [3.05, 3.63) is 43.0 Å². The molecule has 3 heterocycles. The van der Waals surface area contributed by atoms with Crippen LogP contribution in [0.2, 0.25) is 0 Å². The summed E-state index contributed by atoms with van der Waals surface area (Å²) >= 11 is 0. The van der Waals surface area contributed by atoms with Crippen LogP contribution in [0.25, 0.3) is 32.6 Å². The van der Waals surface area contributed by atoms with Gasteiger partial charge in [0.2, 0.25) is 0 Å². The molecule has 0 atom stereocenters. The molecule has 74 valence electrons. The van der Waals surface area contributed by atoms with Crippen LogP contribution in [0.15, 0.2) is 43.0 Å². The minimum Gasteiger partial charge on any atom is -0.260 e. The van der Waals surface area contributed by atoms with Gasteiger partial charge in [0, 0.05) is 33.9 Å². The molecular formula is C13H7N3. The van der Waals surface area contributed by atoms with Crippen molar-refractivity contribution >= 4 is 32.6 Å². The van der Waals surface area contributed by atoms with Crippen molar-refractivity contribution in [3.63, 3.8) is 0 Å². The summed E-state index contributed by atoms with van der Waals surface area (Å²) in [4.78, 5) is 13.0. The van der Waals surface area contributed by atoms with Crippen LogP contribution >= 0.6 is 0 Å². The van der Waals surface area contributed by atoms with Gasteiger partial charge in [-0.1, -0.05) is 18.2 Å². The van der Waals surface area contributed by atoms with Crippen LogP contribution in [0.5, 0.6) is 0 Å². The van der Waals surface area contributed by atoms with Gasteiger partial charge in [-0.3, -0.25) is 15.0 Å². The minimum absolute atomic E-state index is 0.911. The minimum atomic E-state index is 0.911. The normalized spacial score (nSPS) is 11.8. The number of hydrogen-bond acceptors (Lipinski definition) is 3. The van der Waals surface area contributed by atoms with Crippen molar-refractivity contribution in [3.8, 4) is 0 Å². The highest BCUT2D eigenvalue weighted by Crippen LogP contribution is 2.30. The van der Waals surface area contributed by atoms with Crippen LogP contribution in [0.3, 0.4) is 0 Å². The van der Waals surface area contributed by atoms with Crippen LogP contribution in [0.1, 0.15) is 0 Å². The fourth-order valence-corrected chi connectivity index (χ4v) is 2.26. The van der Waals surface area contributed by atoms with Crippen LogP contribution in [-0.4, -0.2) is 15.0 Å². The molecule has 3 aromatic heterocycles. The Balaban J connectivity index is 2.51. The maximum atomic E-state index is 4.41. The van der Waals surface area contributed by atoms with Crippen LogP contribution in [0, 0.1) is 0 Å². The summed E-state index contributed by atoms with van der Waals surface area (Å²) in [7, 11) is 0. The summed E-state index contributed by atoms with van der Waals surface area (Å²) in [5, 5.41) is 4.66. The highest BCUT2D eigenvalue weighted by atomic mass is 14.8. The van der Waals surface area contributed by atoms with E-state index in [0.717, 1.165) is 27.2 Å². The van der Waals surface area contributed by atoms with E-state index in [0.29, 0.717) is 0 Å². The first-order chi connectivity index (χ1) is 7.93. The van der Waals surface area contributed by atoms with Gasteiger partial charge < -0.3 is 0 Å². The van der Waals surface area contributed by atoms with Crippen molar-refractivity contribution in [1.82, 2.24) is 15.0 Å².